The van der Waals surface area contributed by atoms with Gasteiger partial charge in [0, 0.05) is 0 Å². The van der Waals surface area contributed by atoms with E-state index in [1.54, 1.807) is 12.1 Å². The van der Waals surface area contributed by atoms with Gasteiger partial charge in [0.2, 0.25) is 0 Å². The summed E-state index contributed by atoms with van der Waals surface area (Å²) >= 11 is 3.25. The maximum atomic E-state index is 12.9. The normalized spacial score (nSPS) is 36.6. The van der Waals surface area contributed by atoms with Crippen molar-refractivity contribution in [1.29, 1.82) is 0 Å². The number of amides is 2. The molecule has 6 rings (SSSR count). The minimum Gasteiger partial charge on any atom is -0.503 e. The summed E-state index contributed by atoms with van der Waals surface area (Å²) < 4.78 is 5.57. The second-order valence-corrected chi connectivity index (χ2v) is 8.30. The van der Waals surface area contributed by atoms with Crippen molar-refractivity contribution in [3.05, 3.63) is 34.3 Å². The lowest BCUT2D eigenvalue weighted by Crippen LogP contribution is -2.40. The monoisotopic (exact) mass is 416 g/mol. The van der Waals surface area contributed by atoms with E-state index in [2.05, 4.69) is 33.2 Å². The minimum atomic E-state index is -0.250. The smallest absolute Gasteiger partial charge is 0.254 e. The first-order chi connectivity index (χ1) is 12.5. The van der Waals surface area contributed by atoms with Crippen LogP contribution in [-0.4, -0.2) is 35.3 Å². The van der Waals surface area contributed by atoms with Crippen LogP contribution in [0.5, 0.6) is 11.5 Å². The van der Waals surface area contributed by atoms with Crippen molar-refractivity contribution in [1.82, 2.24) is 5.01 Å². The Morgan fingerprint density at radius 2 is 1.81 bits per heavy atom. The third kappa shape index (κ3) is 2.06. The molecule has 0 spiro atoms. The van der Waals surface area contributed by atoms with Gasteiger partial charge in [-0.2, -0.15) is 10.1 Å². The molecule has 26 heavy (non-hydrogen) atoms. The van der Waals surface area contributed by atoms with Gasteiger partial charge in [0.05, 0.1) is 29.6 Å². The molecule has 3 fully saturated rings. The first-order valence-electron chi connectivity index (χ1n) is 8.68. The number of ether oxygens (including phenoxy) is 1. The standard InChI is InChI=1S/C19H17BrN2O4/c1-26-14-5-8(4-13(20)17(14)23)7-21-22-18(24)15-9-2-3-10(12-6-11(9)12)16(15)19(22)25/h2-5,7,9-12,15-16,23H,6H2,1H3/b21-7-/t9-,10-,11-,12-,15-,16+/m0/s1. The van der Waals surface area contributed by atoms with Crippen molar-refractivity contribution in [3.63, 3.8) is 0 Å². The van der Waals surface area contributed by atoms with E-state index < -0.39 is 0 Å². The number of hydrogen-bond donors (Lipinski definition) is 1. The molecule has 1 N–H and O–H groups in total. The second kappa shape index (κ2) is 5.42. The topological polar surface area (TPSA) is 79.2 Å². The number of aromatic hydroxyl groups is 1. The third-order valence-electron chi connectivity index (χ3n) is 6.23. The molecule has 6 nitrogen and oxygen atoms in total. The number of phenolic OH excluding ortho intramolecular Hbond substituents is 1. The maximum Gasteiger partial charge on any atom is 0.254 e. The van der Waals surface area contributed by atoms with Gasteiger partial charge in [-0.3, -0.25) is 9.59 Å². The van der Waals surface area contributed by atoms with Crippen LogP contribution in [0.4, 0.5) is 0 Å². The number of hydrazone groups is 1. The van der Waals surface area contributed by atoms with Crippen LogP contribution < -0.4 is 4.74 Å². The lowest BCUT2D eigenvalue weighted by molar-refractivity contribution is -0.140. The Balaban J connectivity index is 1.44. The lowest BCUT2D eigenvalue weighted by Gasteiger charge is -2.37. The Kier molecular flexibility index (Phi) is 3.35. The molecule has 1 saturated heterocycles. The van der Waals surface area contributed by atoms with Crippen LogP contribution in [0, 0.1) is 35.5 Å². The molecule has 2 saturated carbocycles. The van der Waals surface area contributed by atoms with Crippen LogP contribution >= 0.6 is 15.9 Å². The van der Waals surface area contributed by atoms with Crippen molar-refractivity contribution in [2.75, 3.05) is 7.11 Å². The molecule has 2 amide bonds. The minimum absolute atomic E-state index is 0.00845. The van der Waals surface area contributed by atoms with Crippen LogP contribution in [-0.2, 0) is 9.59 Å². The van der Waals surface area contributed by atoms with Gasteiger partial charge >= 0.3 is 0 Å². The van der Waals surface area contributed by atoms with Gasteiger partial charge < -0.3 is 9.84 Å². The molecule has 1 aromatic carbocycles. The number of benzene rings is 1. The van der Waals surface area contributed by atoms with E-state index in [1.807, 2.05) is 0 Å². The van der Waals surface area contributed by atoms with E-state index in [9.17, 15) is 14.7 Å². The van der Waals surface area contributed by atoms with E-state index in [1.165, 1.54) is 13.3 Å². The number of phenols is 1. The number of allylic oxidation sites excluding steroid dienone is 2. The largest absolute Gasteiger partial charge is 0.503 e. The molecule has 7 heteroatoms. The van der Waals surface area contributed by atoms with Gasteiger partial charge in [0.1, 0.15) is 0 Å². The summed E-state index contributed by atoms with van der Waals surface area (Å²) in [6, 6.07) is 3.25. The highest BCUT2D eigenvalue weighted by Gasteiger charge is 2.67. The average Bonchev–Trinajstić information content (AvgIpc) is 3.41. The quantitative estimate of drug-likeness (QED) is 0.466. The average molecular weight is 417 g/mol. The summed E-state index contributed by atoms with van der Waals surface area (Å²) in [6.45, 7) is 0. The molecule has 6 atom stereocenters. The SMILES string of the molecule is COc1cc(/C=N\N2C(=O)[C@@H]3[C@H]4C=C[C@@H]([C@@H]5C[C@@H]45)[C@@H]3C2=O)cc(Br)c1O. The number of carbonyl (C=O) groups is 2. The lowest BCUT2D eigenvalue weighted by atomic mass is 9.63. The molecule has 0 unspecified atom stereocenters. The zero-order chi connectivity index (χ0) is 18.2. The van der Waals surface area contributed by atoms with Gasteiger partial charge in [-0.15, -0.1) is 0 Å². The van der Waals surface area contributed by atoms with Gasteiger partial charge in [0.15, 0.2) is 11.5 Å². The molecule has 2 bridgehead atoms. The van der Waals surface area contributed by atoms with E-state index >= 15 is 0 Å². The highest BCUT2D eigenvalue weighted by molar-refractivity contribution is 9.10. The molecular weight excluding hydrogens is 400 g/mol. The van der Waals surface area contributed by atoms with E-state index in [0.29, 0.717) is 21.9 Å². The number of methoxy groups -OCH3 is 1. The second-order valence-electron chi connectivity index (χ2n) is 7.44. The zero-order valence-electron chi connectivity index (χ0n) is 14.0. The Hall–Kier alpha value is -2.15. The molecule has 0 aromatic heterocycles. The molecule has 5 aliphatic rings. The summed E-state index contributed by atoms with van der Waals surface area (Å²) in [7, 11) is 1.45. The highest BCUT2D eigenvalue weighted by atomic mass is 79.9. The Labute approximate surface area is 158 Å². The Morgan fingerprint density at radius 1 is 1.19 bits per heavy atom. The van der Waals surface area contributed by atoms with Crippen molar-refractivity contribution in [2.24, 2.45) is 40.6 Å². The van der Waals surface area contributed by atoms with Crippen LogP contribution in [0.2, 0.25) is 0 Å². The predicted octanol–water partition coefficient (Wildman–Crippen LogP) is 2.55. The Bertz CT molecular complexity index is 860. The van der Waals surface area contributed by atoms with Gasteiger partial charge in [-0.05, 0) is 63.7 Å². The predicted molar refractivity (Wildman–Crippen MR) is 96.5 cm³/mol. The zero-order valence-corrected chi connectivity index (χ0v) is 15.6. The van der Waals surface area contributed by atoms with Crippen LogP contribution in [0.15, 0.2) is 33.9 Å². The summed E-state index contributed by atoms with van der Waals surface area (Å²) in [4.78, 5) is 25.7. The fourth-order valence-electron chi connectivity index (χ4n) is 5.00. The van der Waals surface area contributed by atoms with Gasteiger partial charge in [0.25, 0.3) is 11.8 Å². The molecule has 4 aliphatic carbocycles. The number of nitrogens with zero attached hydrogens (tertiary/aromatic N) is 2. The summed E-state index contributed by atoms with van der Waals surface area (Å²) in [5.74, 6) is 0.926. The van der Waals surface area contributed by atoms with Crippen molar-refractivity contribution < 1.29 is 19.4 Å². The van der Waals surface area contributed by atoms with Crippen molar-refractivity contribution >= 4 is 34.0 Å². The fraction of sp³-hybridized carbons (Fsp3) is 0.421. The molecule has 134 valence electrons. The molecule has 1 aromatic rings. The van der Waals surface area contributed by atoms with Gasteiger partial charge in [-0.1, -0.05) is 12.2 Å². The van der Waals surface area contributed by atoms with Crippen LogP contribution in [0.3, 0.4) is 0 Å². The number of carbonyl (C=O) groups excluding carboxylic acids is 2. The van der Waals surface area contributed by atoms with Gasteiger partial charge in [-0.25, -0.2) is 0 Å². The van der Waals surface area contributed by atoms with E-state index in [4.69, 9.17) is 4.74 Å². The Morgan fingerprint density at radius 3 is 2.38 bits per heavy atom. The van der Waals surface area contributed by atoms with E-state index in [0.717, 1.165) is 11.4 Å². The first kappa shape index (κ1) is 16.1. The molecule has 1 heterocycles. The third-order valence-corrected chi connectivity index (χ3v) is 6.84. The molecule has 0 radical (unpaired) electrons. The summed E-state index contributed by atoms with van der Waals surface area (Å²) in [6.07, 6.45) is 6.87. The maximum absolute atomic E-state index is 12.9. The van der Waals surface area contributed by atoms with Crippen molar-refractivity contribution in [3.8, 4) is 11.5 Å². The number of rotatable bonds is 3. The van der Waals surface area contributed by atoms with Crippen molar-refractivity contribution in [2.45, 2.75) is 6.42 Å². The molecule has 1 aliphatic heterocycles. The summed E-state index contributed by atoms with van der Waals surface area (Å²) in [5.41, 5.74) is 0.617. The van der Waals surface area contributed by atoms with E-state index in [-0.39, 0.29) is 47.0 Å². The van der Waals surface area contributed by atoms with Crippen LogP contribution in [0.25, 0.3) is 0 Å². The number of hydrogen-bond acceptors (Lipinski definition) is 5. The number of imide groups is 1. The van der Waals surface area contributed by atoms with Crippen LogP contribution in [0.1, 0.15) is 12.0 Å². The number of halogens is 1. The summed E-state index contributed by atoms with van der Waals surface area (Å²) in [5, 5.41) is 15.1. The highest BCUT2D eigenvalue weighted by Crippen LogP contribution is 2.65. The fourth-order valence-corrected chi connectivity index (χ4v) is 5.46. The molecular formula is C19H17BrN2O4. The first-order valence-corrected chi connectivity index (χ1v) is 9.47.